The normalized spacial score (nSPS) is 16.4. The summed E-state index contributed by atoms with van der Waals surface area (Å²) in [7, 11) is 2.12. The van der Waals surface area contributed by atoms with Crippen molar-refractivity contribution in [1.82, 2.24) is 9.47 Å². The second kappa shape index (κ2) is 5.45. The van der Waals surface area contributed by atoms with Crippen LogP contribution in [0.1, 0.15) is 17.7 Å². The van der Waals surface area contributed by atoms with Gasteiger partial charge in [0.25, 0.3) is 0 Å². The number of nitrogens with zero attached hydrogens (tertiary/aromatic N) is 2. The summed E-state index contributed by atoms with van der Waals surface area (Å²) in [6, 6.07) is 15.0. The summed E-state index contributed by atoms with van der Waals surface area (Å²) < 4.78 is 2.20. The summed E-state index contributed by atoms with van der Waals surface area (Å²) in [6.07, 6.45) is 5.64. The summed E-state index contributed by atoms with van der Waals surface area (Å²) in [5.41, 5.74) is 4.25. The smallest absolute Gasteiger partial charge is 0.0390 e. The van der Waals surface area contributed by atoms with Crippen LogP contribution in [-0.2, 0) is 13.6 Å². The van der Waals surface area contributed by atoms with Crippen molar-refractivity contribution in [3.05, 3.63) is 66.0 Å². The molecule has 0 amide bonds. The predicted octanol–water partition coefficient (Wildman–Crippen LogP) is 3.31. The molecular formula is C17H20N2. The van der Waals surface area contributed by atoms with E-state index in [0.29, 0.717) is 0 Å². The van der Waals surface area contributed by atoms with Gasteiger partial charge in [0, 0.05) is 38.6 Å². The fourth-order valence-electron chi connectivity index (χ4n) is 2.66. The molecule has 3 rings (SSSR count). The highest BCUT2D eigenvalue weighted by atomic mass is 15.1. The molecule has 0 unspecified atom stereocenters. The molecule has 0 N–H and O–H groups in total. The van der Waals surface area contributed by atoms with Gasteiger partial charge in [-0.2, -0.15) is 0 Å². The quantitative estimate of drug-likeness (QED) is 0.813. The lowest BCUT2D eigenvalue weighted by atomic mass is 9.99. The van der Waals surface area contributed by atoms with E-state index in [1.807, 2.05) is 0 Å². The van der Waals surface area contributed by atoms with Crippen LogP contribution in [0.5, 0.6) is 0 Å². The van der Waals surface area contributed by atoms with Crippen LogP contribution < -0.4 is 0 Å². The first-order valence-electron chi connectivity index (χ1n) is 6.90. The van der Waals surface area contributed by atoms with Crippen LogP contribution >= 0.6 is 0 Å². The van der Waals surface area contributed by atoms with E-state index in [9.17, 15) is 0 Å². The molecule has 1 aromatic carbocycles. The SMILES string of the molecule is Cn1cccc1CN1CC=C(c2ccccc2)CC1. The zero-order chi connectivity index (χ0) is 13.1. The largest absolute Gasteiger partial charge is 0.353 e. The van der Waals surface area contributed by atoms with E-state index < -0.39 is 0 Å². The molecule has 2 heterocycles. The van der Waals surface area contributed by atoms with E-state index in [1.54, 1.807) is 0 Å². The Balaban J connectivity index is 1.66. The van der Waals surface area contributed by atoms with Crippen molar-refractivity contribution in [2.45, 2.75) is 13.0 Å². The minimum absolute atomic E-state index is 1.04. The Kier molecular flexibility index (Phi) is 3.51. The van der Waals surface area contributed by atoms with Crippen molar-refractivity contribution < 1.29 is 0 Å². The Morgan fingerprint density at radius 1 is 1.05 bits per heavy atom. The topological polar surface area (TPSA) is 8.17 Å². The number of aromatic nitrogens is 1. The van der Waals surface area contributed by atoms with Gasteiger partial charge in [-0.05, 0) is 29.7 Å². The lowest BCUT2D eigenvalue weighted by Gasteiger charge is -2.26. The average Bonchev–Trinajstić information content (AvgIpc) is 2.86. The van der Waals surface area contributed by atoms with E-state index in [4.69, 9.17) is 0 Å². The molecule has 2 aromatic rings. The molecule has 0 bridgehead atoms. The van der Waals surface area contributed by atoms with Crippen molar-refractivity contribution in [3.63, 3.8) is 0 Å². The van der Waals surface area contributed by atoms with Crippen molar-refractivity contribution in [2.24, 2.45) is 7.05 Å². The average molecular weight is 252 g/mol. The molecule has 98 valence electrons. The van der Waals surface area contributed by atoms with Gasteiger partial charge in [0.2, 0.25) is 0 Å². The molecule has 0 atom stereocenters. The maximum Gasteiger partial charge on any atom is 0.0390 e. The first kappa shape index (κ1) is 12.2. The van der Waals surface area contributed by atoms with E-state index >= 15 is 0 Å². The summed E-state index contributed by atoms with van der Waals surface area (Å²) in [5.74, 6) is 0. The second-order valence-electron chi connectivity index (χ2n) is 5.19. The monoisotopic (exact) mass is 252 g/mol. The van der Waals surface area contributed by atoms with Gasteiger partial charge >= 0.3 is 0 Å². The first-order chi connectivity index (χ1) is 9.33. The lowest BCUT2D eigenvalue weighted by Crippen LogP contribution is -2.28. The summed E-state index contributed by atoms with van der Waals surface area (Å²) in [6.45, 7) is 3.24. The summed E-state index contributed by atoms with van der Waals surface area (Å²) in [4.78, 5) is 2.50. The Labute approximate surface area is 115 Å². The molecule has 0 aliphatic carbocycles. The van der Waals surface area contributed by atoms with E-state index in [0.717, 1.165) is 26.1 Å². The molecule has 2 nitrogen and oxygen atoms in total. The number of hydrogen-bond donors (Lipinski definition) is 0. The highest BCUT2D eigenvalue weighted by Gasteiger charge is 2.13. The van der Waals surface area contributed by atoms with Gasteiger partial charge in [-0.1, -0.05) is 36.4 Å². The third-order valence-corrected chi connectivity index (χ3v) is 3.87. The fraction of sp³-hybridized carbons (Fsp3) is 0.294. The van der Waals surface area contributed by atoms with Crippen LogP contribution in [0.2, 0.25) is 0 Å². The first-order valence-corrected chi connectivity index (χ1v) is 6.90. The molecular weight excluding hydrogens is 232 g/mol. The highest BCUT2D eigenvalue weighted by molar-refractivity contribution is 5.66. The molecule has 1 aliphatic heterocycles. The number of rotatable bonds is 3. The van der Waals surface area contributed by atoms with Crippen LogP contribution in [0.25, 0.3) is 5.57 Å². The highest BCUT2D eigenvalue weighted by Crippen LogP contribution is 2.22. The minimum atomic E-state index is 1.04. The van der Waals surface area contributed by atoms with Gasteiger partial charge in [0.05, 0.1) is 0 Å². The molecule has 1 aromatic heterocycles. The molecule has 2 heteroatoms. The molecule has 0 fully saturated rings. The lowest BCUT2D eigenvalue weighted by molar-refractivity contribution is 0.287. The second-order valence-corrected chi connectivity index (χ2v) is 5.19. The standard InChI is InChI=1S/C17H20N2/c1-18-11-5-8-17(18)14-19-12-9-16(10-13-19)15-6-3-2-4-7-15/h2-9,11H,10,12-14H2,1H3. The third kappa shape index (κ3) is 2.79. The molecule has 1 aliphatic rings. The van der Waals surface area contributed by atoms with Crippen LogP contribution in [0.4, 0.5) is 0 Å². The summed E-state index contributed by atoms with van der Waals surface area (Å²) >= 11 is 0. The fourth-order valence-corrected chi connectivity index (χ4v) is 2.66. The van der Waals surface area contributed by atoms with Crippen molar-refractivity contribution in [2.75, 3.05) is 13.1 Å². The zero-order valence-corrected chi connectivity index (χ0v) is 11.4. The Hall–Kier alpha value is -1.80. The molecule has 0 saturated heterocycles. The van der Waals surface area contributed by atoms with Gasteiger partial charge < -0.3 is 4.57 Å². The van der Waals surface area contributed by atoms with Gasteiger partial charge in [-0.15, -0.1) is 0 Å². The molecule has 0 spiro atoms. The van der Waals surface area contributed by atoms with Crippen molar-refractivity contribution >= 4 is 5.57 Å². The Morgan fingerprint density at radius 2 is 1.89 bits per heavy atom. The zero-order valence-electron chi connectivity index (χ0n) is 11.4. The van der Waals surface area contributed by atoms with Gasteiger partial charge in [0.1, 0.15) is 0 Å². The Bertz CT molecular complexity index is 566. The Morgan fingerprint density at radius 3 is 2.53 bits per heavy atom. The van der Waals surface area contributed by atoms with Crippen molar-refractivity contribution in [1.29, 1.82) is 0 Å². The predicted molar refractivity (Wildman–Crippen MR) is 79.7 cm³/mol. The third-order valence-electron chi connectivity index (χ3n) is 3.87. The number of hydrogen-bond acceptors (Lipinski definition) is 1. The maximum atomic E-state index is 2.50. The van der Waals surface area contributed by atoms with Gasteiger partial charge in [-0.3, -0.25) is 4.90 Å². The molecule has 19 heavy (non-hydrogen) atoms. The summed E-state index contributed by atoms with van der Waals surface area (Å²) in [5, 5.41) is 0. The van der Waals surface area contributed by atoms with E-state index in [2.05, 4.69) is 71.3 Å². The minimum Gasteiger partial charge on any atom is -0.353 e. The van der Waals surface area contributed by atoms with Crippen LogP contribution in [0.15, 0.2) is 54.7 Å². The van der Waals surface area contributed by atoms with E-state index in [-0.39, 0.29) is 0 Å². The number of aryl methyl sites for hydroxylation is 1. The maximum absolute atomic E-state index is 2.50. The van der Waals surface area contributed by atoms with Crippen LogP contribution in [0.3, 0.4) is 0 Å². The molecule has 0 saturated carbocycles. The van der Waals surface area contributed by atoms with Crippen LogP contribution in [-0.4, -0.2) is 22.6 Å². The van der Waals surface area contributed by atoms with Crippen molar-refractivity contribution in [3.8, 4) is 0 Å². The number of benzene rings is 1. The van der Waals surface area contributed by atoms with E-state index in [1.165, 1.54) is 16.8 Å². The van der Waals surface area contributed by atoms with Gasteiger partial charge in [-0.25, -0.2) is 0 Å². The van der Waals surface area contributed by atoms with Crippen LogP contribution in [0, 0.1) is 0 Å². The van der Waals surface area contributed by atoms with Gasteiger partial charge in [0.15, 0.2) is 0 Å². The molecule has 0 radical (unpaired) electrons.